The van der Waals surface area contributed by atoms with Crippen molar-refractivity contribution in [2.75, 3.05) is 39.3 Å². The molecule has 1 aromatic carbocycles. The third-order valence-electron chi connectivity index (χ3n) is 5.94. The van der Waals surface area contributed by atoms with E-state index in [1.54, 1.807) is 6.92 Å². The summed E-state index contributed by atoms with van der Waals surface area (Å²) in [5.41, 5.74) is 1.02. The van der Waals surface area contributed by atoms with Gasteiger partial charge < -0.3 is 19.9 Å². The van der Waals surface area contributed by atoms with Gasteiger partial charge in [0.25, 0.3) is 0 Å². The highest BCUT2D eigenvalue weighted by molar-refractivity contribution is 5.72. The van der Waals surface area contributed by atoms with Crippen LogP contribution in [0.25, 0.3) is 0 Å². The summed E-state index contributed by atoms with van der Waals surface area (Å²) in [7, 11) is 0. The molecule has 0 spiro atoms. The molecule has 28 heavy (non-hydrogen) atoms. The summed E-state index contributed by atoms with van der Waals surface area (Å²) < 4.78 is 5.45. The molecule has 6 nitrogen and oxygen atoms in total. The van der Waals surface area contributed by atoms with Crippen molar-refractivity contribution in [2.24, 2.45) is 11.8 Å². The van der Waals surface area contributed by atoms with Crippen molar-refractivity contribution < 1.29 is 14.3 Å². The standard InChI is InChI=1S/C22H33N3O3/c1-18(26)23-15-19-7-11-24(12-8-19)16-20-9-13-25(14-10-20)22(27)28-17-21-5-3-2-4-6-21/h2-6,19-20H,7-17H2,1H3,(H,23,26). The molecular weight excluding hydrogens is 354 g/mol. The molecule has 0 bridgehead atoms. The maximum Gasteiger partial charge on any atom is 0.410 e. The normalized spacial score (nSPS) is 19.4. The molecule has 154 valence electrons. The van der Waals surface area contributed by atoms with Crippen LogP contribution in [0.1, 0.15) is 38.2 Å². The minimum absolute atomic E-state index is 0.0662. The summed E-state index contributed by atoms with van der Waals surface area (Å²) in [6.45, 7) is 7.67. The van der Waals surface area contributed by atoms with E-state index in [4.69, 9.17) is 4.74 Å². The molecule has 2 aliphatic heterocycles. The SMILES string of the molecule is CC(=O)NCC1CCN(CC2CCN(C(=O)OCc3ccccc3)CC2)CC1. The van der Waals surface area contributed by atoms with Gasteiger partial charge in [-0.3, -0.25) is 4.79 Å². The van der Waals surface area contributed by atoms with Crippen LogP contribution in [0.3, 0.4) is 0 Å². The molecule has 2 amide bonds. The first kappa shape index (κ1) is 20.6. The van der Waals surface area contributed by atoms with Gasteiger partial charge in [-0.25, -0.2) is 4.79 Å². The molecule has 0 aromatic heterocycles. The molecule has 2 fully saturated rings. The molecule has 2 heterocycles. The number of rotatable bonds is 6. The summed E-state index contributed by atoms with van der Waals surface area (Å²) in [5.74, 6) is 1.34. The molecule has 1 aromatic rings. The Morgan fingerprint density at radius 3 is 2.29 bits per heavy atom. The van der Waals surface area contributed by atoms with E-state index in [0.29, 0.717) is 18.4 Å². The molecule has 2 saturated heterocycles. The van der Waals surface area contributed by atoms with Crippen LogP contribution < -0.4 is 5.32 Å². The maximum absolute atomic E-state index is 12.3. The third kappa shape index (κ3) is 6.51. The molecule has 3 rings (SSSR count). The molecule has 0 saturated carbocycles. The lowest BCUT2D eigenvalue weighted by Gasteiger charge is -2.37. The Bertz CT molecular complexity index is 621. The van der Waals surface area contributed by atoms with Gasteiger partial charge in [0.15, 0.2) is 0 Å². The van der Waals surface area contributed by atoms with Crippen LogP contribution in [0.15, 0.2) is 30.3 Å². The zero-order valence-corrected chi connectivity index (χ0v) is 16.9. The lowest BCUT2D eigenvalue weighted by Crippen LogP contribution is -2.44. The lowest BCUT2D eigenvalue weighted by molar-refractivity contribution is -0.119. The van der Waals surface area contributed by atoms with E-state index in [9.17, 15) is 9.59 Å². The number of carbonyl (C=O) groups is 2. The average molecular weight is 388 g/mol. The summed E-state index contributed by atoms with van der Waals surface area (Å²) in [5, 5.41) is 2.94. The highest BCUT2D eigenvalue weighted by atomic mass is 16.6. The minimum atomic E-state index is -0.193. The third-order valence-corrected chi connectivity index (χ3v) is 5.94. The Morgan fingerprint density at radius 1 is 1.00 bits per heavy atom. The zero-order valence-electron chi connectivity index (χ0n) is 16.9. The molecule has 2 aliphatic rings. The van der Waals surface area contributed by atoms with Gasteiger partial charge in [0.05, 0.1) is 0 Å². The van der Waals surface area contributed by atoms with Crippen molar-refractivity contribution >= 4 is 12.0 Å². The van der Waals surface area contributed by atoms with E-state index in [0.717, 1.165) is 70.5 Å². The van der Waals surface area contributed by atoms with E-state index in [-0.39, 0.29) is 12.0 Å². The smallest absolute Gasteiger partial charge is 0.410 e. The fraction of sp³-hybridized carbons (Fsp3) is 0.636. The Morgan fingerprint density at radius 2 is 1.64 bits per heavy atom. The second kappa shape index (κ2) is 10.5. The largest absolute Gasteiger partial charge is 0.445 e. The van der Waals surface area contributed by atoms with Gasteiger partial charge >= 0.3 is 6.09 Å². The highest BCUT2D eigenvalue weighted by Crippen LogP contribution is 2.23. The maximum atomic E-state index is 12.3. The number of piperidine rings is 2. The van der Waals surface area contributed by atoms with Crippen molar-refractivity contribution in [1.29, 1.82) is 0 Å². The number of carbonyl (C=O) groups excluding carboxylic acids is 2. The highest BCUT2D eigenvalue weighted by Gasteiger charge is 2.27. The van der Waals surface area contributed by atoms with Crippen LogP contribution in [0.4, 0.5) is 4.79 Å². The lowest BCUT2D eigenvalue weighted by atomic mass is 9.93. The van der Waals surface area contributed by atoms with Gasteiger partial charge in [-0.05, 0) is 56.2 Å². The fourth-order valence-corrected chi connectivity index (χ4v) is 4.14. The molecule has 0 radical (unpaired) electrons. The van der Waals surface area contributed by atoms with E-state index in [1.807, 2.05) is 35.2 Å². The molecule has 6 heteroatoms. The van der Waals surface area contributed by atoms with Crippen LogP contribution in [-0.2, 0) is 16.1 Å². The Labute approximate surface area is 168 Å². The number of hydrogen-bond donors (Lipinski definition) is 1. The molecule has 0 atom stereocenters. The van der Waals surface area contributed by atoms with Gasteiger partial charge in [0.2, 0.25) is 5.91 Å². The minimum Gasteiger partial charge on any atom is -0.445 e. The topological polar surface area (TPSA) is 61.9 Å². The van der Waals surface area contributed by atoms with Gasteiger partial charge in [-0.1, -0.05) is 30.3 Å². The van der Waals surface area contributed by atoms with Gasteiger partial charge in [0, 0.05) is 33.1 Å². The van der Waals surface area contributed by atoms with Crippen molar-refractivity contribution in [3.05, 3.63) is 35.9 Å². The predicted molar refractivity (Wildman–Crippen MR) is 109 cm³/mol. The first-order valence-corrected chi connectivity index (χ1v) is 10.5. The number of nitrogens with one attached hydrogen (secondary N) is 1. The Kier molecular flexibility index (Phi) is 7.71. The monoisotopic (exact) mass is 387 g/mol. The predicted octanol–water partition coefficient (Wildman–Crippen LogP) is 2.88. The number of likely N-dealkylation sites (tertiary alicyclic amines) is 2. The van der Waals surface area contributed by atoms with Crippen molar-refractivity contribution in [2.45, 2.75) is 39.2 Å². The second-order valence-electron chi connectivity index (χ2n) is 8.15. The van der Waals surface area contributed by atoms with Crippen LogP contribution in [0, 0.1) is 11.8 Å². The average Bonchev–Trinajstić information content (AvgIpc) is 2.73. The quantitative estimate of drug-likeness (QED) is 0.815. The number of hydrogen-bond acceptors (Lipinski definition) is 4. The van der Waals surface area contributed by atoms with Crippen LogP contribution in [-0.4, -0.2) is 61.1 Å². The Balaban J connectivity index is 1.31. The molecular formula is C22H33N3O3. The number of amides is 2. The molecule has 0 aliphatic carbocycles. The van der Waals surface area contributed by atoms with E-state index >= 15 is 0 Å². The zero-order chi connectivity index (χ0) is 19.8. The van der Waals surface area contributed by atoms with Crippen molar-refractivity contribution in [3.8, 4) is 0 Å². The van der Waals surface area contributed by atoms with E-state index in [1.165, 1.54) is 0 Å². The van der Waals surface area contributed by atoms with Gasteiger partial charge in [0.1, 0.15) is 6.61 Å². The molecule has 1 N–H and O–H groups in total. The summed E-state index contributed by atoms with van der Waals surface area (Å²) in [6, 6.07) is 9.81. The summed E-state index contributed by atoms with van der Waals surface area (Å²) in [4.78, 5) is 27.7. The first-order valence-electron chi connectivity index (χ1n) is 10.5. The fourth-order valence-electron chi connectivity index (χ4n) is 4.14. The summed E-state index contributed by atoms with van der Waals surface area (Å²) >= 11 is 0. The Hall–Kier alpha value is -2.08. The van der Waals surface area contributed by atoms with Gasteiger partial charge in [-0.2, -0.15) is 0 Å². The van der Waals surface area contributed by atoms with Crippen molar-refractivity contribution in [1.82, 2.24) is 15.1 Å². The first-order chi connectivity index (χ1) is 13.6. The number of nitrogens with zero attached hydrogens (tertiary/aromatic N) is 2. The van der Waals surface area contributed by atoms with Crippen LogP contribution in [0.5, 0.6) is 0 Å². The second-order valence-corrected chi connectivity index (χ2v) is 8.15. The van der Waals surface area contributed by atoms with Crippen LogP contribution in [0.2, 0.25) is 0 Å². The van der Waals surface area contributed by atoms with E-state index in [2.05, 4.69) is 10.2 Å². The number of benzene rings is 1. The van der Waals surface area contributed by atoms with Crippen LogP contribution >= 0.6 is 0 Å². The van der Waals surface area contributed by atoms with Crippen molar-refractivity contribution in [3.63, 3.8) is 0 Å². The summed E-state index contributed by atoms with van der Waals surface area (Å²) in [6.07, 6.45) is 4.22. The van der Waals surface area contributed by atoms with Gasteiger partial charge in [-0.15, -0.1) is 0 Å². The number of ether oxygens (including phenoxy) is 1. The van der Waals surface area contributed by atoms with E-state index < -0.39 is 0 Å². The molecule has 0 unspecified atom stereocenters.